The summed E-state index contributed by atoms with van der Waals surface area (Å²) in [5.41, 5.74) is -0.393. The van der Waals surface area contributed by atoms with Crippen LogP contribution in [0.1, 0.15) is 45.6 Å². The van der Waals surface area contributed by atoms with Crippen molar-refractivity contribution in [3.8, 4) is 6.07 Å². The first-order chi connectivity index (χ1) is 8.54. The normalized spacial score (nSPS) is 28.3. The van der Waals surface area contributed by atoms with Gasteiger partial charge in [-0.05, 0) is 49.0 Å². The minimum atomic E-state index is -0.393. The zero-order chi connectivity index (χ0) is 13.2. The first-order valence-electron chi connectivity index (χ1n) is 6.43. The van der Waals surface area contributed by atoms with Crippen LogP contribution >= 0.6 is 15.9 Å². The van der Waals surface area contributed by atoms with Crippen molar-refractivity contribution in [1.82, 2.24) is 15.1 Å². The van der Waals surface area contributed by atoms with Gasteiger partial charge in [0.15, 0.2) is 0 Å². The molecule has 0 bridgehead atoms. The maximum atomic E-state index is 9.51. The lowest BCUT2D eigenvalue weighted by Gasteiger charge is -2.37. The summed E-state index contributed by atoms with van der Waals surface area (Å²) in [4.78, 5) is 0. The Morgan fingerprint density at radius 1 is 1.67 bits per heavy atom. The van der Waals surface area contributed by atoms with Crippen LogP contribution in [0.25, 0.3) is 0 Å². The number of nitrogens with zero attached hydrogens (tertiary/aromatic N) is 3. The Bertz CT molecular complexity index is 448. The van der Waals surface area contributed by atoms with Crippen molar-refractivity contribution in [3.63, 3.8) is 0 Å². The van der Waals surface area contributed by atoms with E-state index in [1.807, 2.05) is 10.9 Å². The molecule has 1 saturated carbocycles. The monoisotopic (exact) mass is 310 g/mol. The SMILES string of the molecule is CC(C)NC1(C#N)CCCC(n2cc(Br)cn2)C1. The maximum Gasteiger partial charge on any atom is 0.109 e. The molecule has 1 aliphatic rings. The summed E-state index contributed by atoms with van der Waals surface area (Å²) >= 11 is 3.42. The molecule has 2 unspecified atom stereocenters. The van der Waals surface area contributed by atoms with Crippen molar-refractivity contribution in [1.29, 1.82) is 5.26 Å². The van der Waals surface area contributed by atoms with Crippen LogP contribution in [0.3, 0.4) is 0 Å². The van der Waals surface area contributed by atoms with Gasteiger partial charge in [-0.3, -0.25) is 10.00 Å². The molecule has 1 aromatic rings. The predicted molar refractivity (Wildman–Crippen MR) is 74.0 cm³/mol. The lowest BCUT2D eigenvalue weighted by Crippen LogP contribution is -2.50. The number of halogens is 1. The van der Waals surface area contributed by atoms with E-state index in [-0.39, 0.29) is 0 Å². The van der Waals surface area contributed by atoms with Crippen LogP contribution in [0.4, 0.5) is 0 Å². The fourth-order valence-electron chi connectivity index (χ4n) is 2.80. The highest BCUT2D eigenvalue weighted by Gasteiger charge is 2.37. The van der Waals surface area contributed by atoms with Gasteiger partial charge >= 0.3 is 0 Å². The average Bonchev–Trinajstić information content (AvgIpc) is 2.75. The smallest absolute Gasteiger partial charge is 0.109 e. The van der Waals surface area contributed by atoms with Crippen LogP contribution < -0.4 is 5.32 Å². The molecule has 1 heterocycles. The molecule has 1 N–H and O–H groups in total. The van der Waals surface area contributed by atoms with Crippen LogP contribution in [-0.2, 0) is 0 Å². The van der Waals surface area contributed by atoms with Crippen molar-refractivity contribution < 1.29 is 0 Å². The highest BCUT2D eigenvalue weighted by molar-refractivity contribution is 9.10. The molecular weight excluding hydrogens is 292 g/mol. The highest BCUT2D eigenvalue weighted by atomic mass is 79.9. The number of hydrogen-bond acceptors (Lipinski definition) is 3. The minimum Gasteiger partial charge on any atom is -0.297 e. The summed E-state index contributed by atoms with van der Waals surface area (Å²) in [7, 11) is 0. The van der Waals surface area contributed by atoms with Crippen molar-refractivity contribution in [2.45, 2.75) is 57.2 Å². The number of nitrogens with one attached hydrogen (secondary N) is 1. The van der Waals surface area contributed by atoms with Gasteiger partial charge in [0.05, 0.1) is 22.8 Å². The fourth-order valence-corrected chi connectivity index (χ4v) is 3.11. The molecule has 98 valence electrons. The number of hydrogen-bond donors (Lipinski definition) is 1. The molecule has 18 heavy (non-hydrogen) atoms. The summed E-state index contributed by atoms with van der Waals surface area (Å²) in [5, 5.41) is 17.3. The Labute approximate surface area is 116 Å². The Hall–Kier alpha value is -0.860. The fraction of sp³-hybridized carbons (Fsp3) is 0.692. The van der Waals surface area contributed by atoms with Gasteiger partial charge in [0, 0.05) is 18.7 Å². The van der Waals surface area contributed by atoms with Crippen molar-refractivity contribution in [2.24, 2.45) is 0 Å². The lowest BCUT2D eigenvalue weighted by molar-refractivity contribution is 0.209. The second-order valence-electron chi connectivity index (χ2n) is 5.38. The second kappa shape index (κ2) is 5.41. The average molecular weight is 311 g/mol. The quantitative estimate of drug-likeness (QED) is 0.933. The van der Waals surface area contributed by atoms with E-state index in [1.54, 1.807) is 6.20 Å². The predicted octanol–water partition coefficient (Wildman–Crippen LogP) is 3.02. The number of nitriles is 1. The molecular formula is C13H19BrN4. The van der Waals surface area contributed by atoms with E-state index in [4.69, 9.17) is 0 Å². The first kappa shape index (κ1) is 13.6. The maximum absolute atomic E-state index is 9.51. The van der Waals surface area contributed by atoms with Crippen LogP contribution in [-0.4, -0.2) is 21.4 Å². The second-order valence-corrected chi connectivity index (χ2v) is 6.30. The number of aromatic nitrogens is 2. The molecule has 4 nitrogen and oxygen atoms in total. The Kier molecular flexibility index (Phi) is 4.08. The standard InChI is InChI=1S/C13H19BrN4/c1-10(2)17-13(9-15)5-3-4-12(6-13)18-8-11(14)7-16-18/h7-8,10,12,17H,3-6H2,1-2H3. The zero-order valence-corrected chi connectivity index (χ0v) is 12.4. The van der Waals surface area contributed by atoms with Gasteiger partial charge in [-0.1, -0.05) is 0 Å². The van der Waals surface area contributed by atoms with Gasteiger partial charge in [-0.15, -0.1) is 0 Å². The van der Waals surface area contributed by atoms with Gasteiger partial charge in [-0.25, -0.2) is 0 Å². The third-order valence-electron chi connectivity index (χ3n) is 3.45. The highest BCUT2D eigenvalue weighted by Crippen LogP contribution is 2.35. The topological polar surface area (TPSA) is 53.6 Å². The van der Waals surface area contributed by atoms with E-state index in [2.05, 4.69) is 46.3 Å². The zero-order valence-electron chi connectivity index (χ0n) is 10.9. The lowest BCUT2D eigenvalue weighted by atomic mass is 9.79. The van der Waals surface area contributed by atoms with E-state index in [9.17, 15) is 5.26 Å². The van der Waals surface area contributed by atoms with Gasteiger partial charge in [0.25, 0.3) is 0 Å². The van der Waals surface area contributed by atoms with E-state index >= 15 is 0 Å². The molecule has 2 atom stereocenters. The summed E-state index contributed by atoms with van der Waals surface area (Å²) in [6.07, 6.45) is 7.72. The van der Waals surface area contributed by atoms with E-state index in [0.29, 0.717) is 12.1 Å². The van der Waals surface area contributed by atoms with Crippen molar-refractivity contribution in [3.05, 3.63) is 16.9 Å². The molecule has 1 fully saturated rings. The Morgan fingerprint density at radius 2 is 2.44 bits per heavy atom. The van der Waals surface area contributed by atoms with Crippen molar-refractivity contribution >= 4 is 15.9 Å². The van der Waals surface area contributed by atoms with E-state index in [0.717, 1.165) is 30.2 Å². The molecule has 0 aromatic carbocycles. The third-order valence-corrected chi connectivity index (χ3v) is 3.86. The van der Waals surface area contributed by atoms with Gasteiger partial charge in [0.1, 0.15) is 5.54 Å². The molecule has 0 saturated heterocycles. The van der Waals surface area contributed by atoms with E-state index in [1.165, 1.54) is 0 Å². The Morgan fingerprint density at radius 3 is 3.00 bits per heavy atom. The van der Waals surface area contributed by atoms with Gasteiger partial charge in [-0.2, -0.15) is 10.4 Å². The number of rotatable bonds is 3. The molecule has 0 radical (unpaired) electrons. The molecule has 0 aliphatic heterocycles. The van der Waals surface area contributed by atoms with E-state index < -0.39 is 5.54 Å². The Balaban J connectivity index is 2.14. The third kappa shape index (κ3) is 2.93. The summed E-state index contributed by atoms with van der Waals surface area (Å²) in [6.45, 7) is 4.18. The molecule has 0 amide bonds. The molecule has 0 spiro atoms. The largest absolute Gasteiger partial charge is 0.297 e. The molecule has 5 heteroatoms. The van der Waals surface area contributed by atoms with Crippen LogP contribution in [0.2, 0.25) is 0 Å². The summed E-state index contributed by atoms with van der Waals surface area (Å²) in [5.74, 6) is 0. The summed E-state index contributed by atoms with van der Waals surface area (Å²) in [6, 6.07) is 3.13. The van der Waals surface area contributed by atoms with Gasteiger partial charge in [0.2, 0.25) is 0 Å². The summed E-state index contributed by atoms with van der Waals surface area (Å²) < 4.78 is 2.98. The van der Waals surface area contributed by atoms with Crippen LogP contribution in [0, 0.1) is 11.3 Å². The van der Waals surface area contributed by atoms with Crippen LogP contribution in [0.15, 0.2) is 16.9 Å². The van der Waals surface area contributed by atoms with Crippen molar-refractivity contribution in [2.75, 3.05) is 0 Å². The minimum absolute atomic E-state index is 0.316. The molecule has 1 aliphatic carbocycles. The molecule has 1 aromatic heterocycles. The van der Waals surface area contributed by atoms with Gasteiger partial charge < -0.3 is 0 Å². The molecule has 2 rings (SSSR count). The van der Waals surface area contributed by atoms with Crippen LogP contribution in [0.5, 0.6) is 0 Å². The first-order valence-corrected chi connectivity index (χ1v) is 7.22.